The summed E-state index contributed by atoms with van der Waals surface area (Å²) in [4.78, 5) is 0. The van der Waals surface area contributed by atoms with Gasteiger partial charge >= 0.3 is 0 Å². The van der Waals surface area contributed by atoms with E-state index in [1.807, 2.05) is 39.0 Å². The summed E-state index contributed by atoms with van der Waals surface area (Å²) >= 11 is 6.11. The standard InChI is InChI=1S/C13H16ClN3O/c1-4-17-13(12(15)9(3)16-17)18-11-7-8(2)5-6-10(11)14/h5-7H,4,15H2,1-3H3. The van der Waals surface area contributed by atoms with Gasteiger partial charge in [0.25, 0.3) is 0 Å². The smallest absolute Gasteiger partial charge is 0.241 e. The summed E-state index contributed by atoms with van der Waals surface area (Å²) in [5, 5.41) is 4.86. The quantitative estimate of drug-likeness (QED) is 0.923. The molecule has 0 bridgehead atoms. The number of benzene rings is 1. The maximum Gasteiger partial charge on any atom is 0.241 e. The normalized spacial score (nSPS) is 10.7. The maximum atomic E-state index is 6.11. The molecule has 2 N–H and O–H groups in total. The highest BCUT2D eigenvalue weighted by atomic mass is 35.5. The number of hydrogen-bond acceptors (Lipinski definition) is 3. The molecule has 0 spiro atoms. The van der Waals surface area contributed by atoms with Crippen molar-refractivity contribution in [2.24, 2.45) is 0 Å². The van der Waals surface area contributed by atoms with E-state index in [0.717, 1.165) is 11.3 Å². The van der Waals surface area contributed by atoms with Crippen molar-refractivity contribution in [1.29, 1.82) is 0 Å². The fraction of sp³-hybridized carbons (Fsp3) is 0.308. The highest BCUT2D eigenvalue weighted by Gasteiger charge is 2.15. The molecule has 4 nitrogen and oxygen atoms in total. The number of rotatable bonds is 3. The lowest BCUT2D eigenvalue weighted by atomic mass is 10.2. The van der Waals surface area contributed by atoms with Crippen LogP contribution in [0.1, 0.15) is 18.2 Å². The van der Waals surface area contributed by atoms with Crippen molar-refractivity contribution < 1.29 is 4.74 Å². The molecule has 0 fully saturated rings. The molecule has 0 radical (unpaired) electrons. The summed E-state index contributed by atoms with van der Waals surface area (Å²) in [6.07, 6.45) is 0. The number of nitrogen functional groups attached to an aromatic ring is 1. The zero-order chi connectivity index (χ0) is 13.3. The van der Waals surface area contributed by atoms with E-state index < -0.39 is 0 Å². The lowest BCUT2D eigenvalue weighted by molar-refractivity contribution is 0.418. The number of halogens is 1. The Morgan fingerprint density at radius 2 is 2.11 bits per heavy atom. The van der Waals surface area contributed by atoms with Crippen LogP contribution in [-0.4, -0.2) is 9.78 Å². The molecule has 2 aromatic rings. The Hall–Kier alpha value is -1.68. The molecule has 0 saturated heterocycles. The second-order valence-electron chi connectivity index (χ2n) is 4.16. The third-order valence-electron chi connectivity index (χ3n) is 2.72. The molecule has 1 aromatic heterocycles. The maximum absolute atomic E-state index is 6.11. The number of anilines is 1. The van der Waals surface area contributed by atoms with Crippen molar-refractivity contribution >= 4 is 17.3 Å². The molecular weight excluding hydrogens is 250 g/mol. The van der Waals surface area contributed by atoms with Gasteiger partial charge in [0.15, 0.2) is 0 Å². The van der Waals surface area contributed by atoms with Gasteiger partial charge in [0, 0.05) is 6.54 Å². The van der Waals surface area contributed by atoms with Gasteiger partial charge in [-0.15, -0.1) is 0 Å². The van der Waals surface area contributed by atoms with Gasteiger partial charge in [0.2, 0.25) is 5.88 Å². The molecule has 1 aromatic carbocycles. The van der Waals surface area contributed by atoms with Crippen molar-refractivity contribution in [3.63, 3.8) is 0 Å². The Bertz CT molecular complexity index is 578. The van der Waals surface area contributed by atoms with Crippen LogP contribution in [0.25, 0.3) is 0 Å². The molecule has 18 heavy (non-hydrogen) atoms. The fourth-order valence-electron chi connectivity index (χ4n) is 1.69. The Morgan fingerprint density at radius 1 is 1.39 bits per heavy atom. The van der Waals surface area contributed by atoms with Crippen LogP contribution in [0, 0.1) is 13.8 Å². The lowest BCUT2D eigenvalue weighted by Gasteiger charge is -2.10. The van der Waals surface area contributed by atoms with Crippen LogP contribution in [0.2, 0.25) is 5.02 Å². The van der Waals surface area contributed by atoms with Gasteiger partial charge in [-0.2, -0.15) is 5.10 Å². The molecule has 0 aliphatic carbocycles. The zero-order valence-electron chi connectivity index (χ0n) is 10.7. The molecule has 0 unspecified atom stereocenters. The monoisotopic (exact) mass is 265 g/mol. The van der Waals surface area contributed by atoms with E-state index in [1.54, 1.807) is 4.68 Å². The molecule has 0 saturated carbocycles. The van der Waals surface area contributed by atoms with Gasteiger partial charge in [-0.3, -0.25) is 0 Å². The Kier molecular flexibility index (Phi) is 3.48. The first kappa shape index (κ1) is 12.8. The topological polar surface area (TPSA) is 53.1 Å². The van der Waals surface area contributed by atoms with Gasteiger partial charge in [0.1, 0.15) is 11.4 Å². The van der Waals surface area contributed by atoms with Crippen molar-refractivity contribution in [2.75, 3.05) is 5.73 Å². The number of nitrogens with zero attached hydrogens (tertiary/aromatic N) is 2. The van der Waals surface area contributed by atoms with Crippen LogP contribution < -0.4 is 10.5 Å². The van der Waals surface area contributed by atoms with E-state index in [9.17, 15) is 0 Å². The van der Waals surface area contributed by atoms with Gasteiger partial charge in [-0.1, -0.05) is 17.7 Å². The minimum atomic E-state index is 0.544. The van der Waals surface area contributed by atoms with E-state index >= 15 is 0 Å². The molecule has 0 amide bonds. The number of hydrogen-bond donors (Lipinski definition) is 1. The number of nitrogens with two attached hydrogens (primary N) is 1. The predicted molar refractivity (Wildman–Crippen MR) is 73.3 cm³/mol. The first-order chi connectivity index (χ1) is 8.52. The van der Waals surface area contributed by atoms with Gasteiger partial charge in [0.05, 0.1) is 10.7 Å². The Morgan fingerprint density at radius 3 is 2.78 bits per heavy atom. The van der Waals surface area contributed by atoms with Crippen LogP contribution >= 0.6 is 11.6 Å². The summed E-state index contributed by atoms with van der Waals surface area (Å²) in [5.74, 6) is 1.14. The molecule has 0 aliphatic heterocycles. The van der Waals surface area contributed by atoms with E-state index in [2.05, 4.69) is 5.10 Å². The lowest BCUT2D eigenvalue weighted by Crippen LogP contribution is -2.01. The molecular formula is C13H16ClN3O. The fourth-order valence-corrected chi connectivity index (χ4v) is 1.85. The van der Waals surface area contributed by atoms with Crippen molar-refractivity contribution in [1.82, 2.24) is 9.78 Å². The summed E-state index contributed by atoms with van der Waals surface area (Å²) in [6, 6.07) is 5.62. The first-order valence-electron chi connectivity index (χ1n) is 5.79. The third kappa shape index (κ3) is 2.29. The second-order valence-corrected chi connectivity index (χ2v) is 4.56. The number of ether oxygens (including phenoxy) is 1. The molecule has 2 rings (SSSR count). The number of aromatic nitrogens is 2. The van der Waals surface area contributed by atoms with Crippen LogP contribution in [0.4, 0.5) is 5.69 Å². The van der Waals surface area contributed by atoms with Gasteiger partial charge in [-0.05, 0) is 38.5 Å². The minimum Gasteiger partial charge on any atom is -0.436 e. The highest BCUT2D eigenvalue weighted by molar-refractivity contribution is 6.32. The van der Waals surface area contributed by atoms with Crippen LogP contribution in [0.15, 0.2) is 18.2 Å². The van der Waals surface area contributed by atoms with Gasteiger partial charge in [-0.25, -0.2) is 4.68 Å². The van der Waals surface area contributed by atoms with Crippen molar-refractivity contribution in [3.8, 4) is 11.6 Å². The van der Waals surface area contributed by atoms with Crippen LogP contribution in [-0.2, 0) is 6.54 Å². The van der Waals surface area contributed by atoms with Crippen LogP contribution in [0.3, 0.4) is 0 Å². The van der Waals surface area contributed by atoms with Crippen LogP contribution in [0.5, 0.6) is 11.6 Å². The van der Waals surface area contributed by atoms with Gasteiger partial charge < -0.3 is 10.5 Å². The highest BCUT2D eigenvalue weighted by Crippen LogP contribution is 2.34. The molecule has 0 aliphatic rings. The SMILES string of the molecule is CCn1nc(C)c(N)c1Oc1cc(C)ccc1Cl. The predicted octanol–water partition coefficient (Wildman–Crippen LogP) is 3.55. The Balaban J connectivity index is 2.42. The second kappa shape index (κ2) is 4.90. The third-order valence-corrected chi connectivity index (χ3v) is 3.03. The molecule has 0 atom stereocenters. The molecule has 5 heteroatoms. The summed E-state index contributed by atoms with van der Waals surface area (Å²) in [7, 11) is 0. The summed E-state index contributed by atoms with van der Waals surface area (Å²) in [5.41, 5.74) is 8.35. The first-order valence-corrected chi connectivity index (χ1v) is 6.17. The van der Waals surface area contributed by atoms with E-state index in [1.165, 1.54) is 0 Å². The zero-order valence-corrected chi connectivity index (χ0v) is 11.5. The molecule has 1 heterocycles. The summed E-state index contributed by atoms with van der Waals surface area (Å²) < 4.78 is 7.53. The van der Waals surface area contributed by atoms with Crippen molar-refractivity contribution in [2.45, 2.75) is 27.3 Å². The molecule has 96 valence electrons. The summed E-state index contributed by atoms with van der Waals surface area (Å²) in [6.45, 7) is 6.51. The van der Waals surface area contributed by atoms with Crippen molar-refractivity contribution in [3.05, 3.63) is 34.5 Å². The average molecular weight is 266 g/mol. The van der Waals surface area contributed by atoms with E-state index in [0.29, 0.717) is 28.9 Å². The van der Waals surface area contributed by atoms with E-state index in [-0.39, 0.29) is 0 Å². The largest absolute Gasteiger partial charge is 0.436 e. The minimum absolute atomic E-state index is 0.544. The van der Waals surface area contributed by atoms with E-state index in [4.69, 9.17) is 22.1 Å². The number of aryl methyl sites for hydroxylation is 3. The Labute approximate surface area is 111 Å². The average Bonchev–Trinajstić information content (AvgIpc) is 2.61.